The van der Waals surface area contributed by atoms with E-state index >= 15 is 0 Å². The monoisotopic (exact) mass is 317 g/mol. The molecule has 1 aromatic carbocycles. The molecule has 3 rings (SSSR count). The van der Waals surface area contributed by atoms with Crippen LogP contribution in [0.25, 0.3) is 10.9 Å². The molecule has 2 heterocycles. The summed E-state index contributed by atoms with van der Waals surface area (Å²) in [6, 6.07) is 10.9. The fourth-order valence-electron chi connectivity index (χ4n) is 1.82. The van der Waals surface area contributed by atoms with Gasteiger partial charge in [-0.25, -0.2) is 4.98 Å². The Morgan fingerprint density at radius 2 is 1.84 bits per heavy atom. The molecule has 0 radical (unpaired) electrons. The molecule has 0 fully saturated rings. The van der Waals surface area contributed by atoms with Crippen LogP contribution in [-0.2, 0) is 0 Å². The van der Waals surface area contributed by atoms with Crippen molar-refractivity contribution in [1.29, 1.82) is 0 Å². The van der Waals surface area contributed by atoms with Crippen molar-refractivity contribution in [2.45, 2.75) is 0 Å². The number of halogens is 2. The normalized spacial score (nSPS) is 10.6. The molecule has 0 aliphatic rings. The molecule has 19 heavy (non-hydrogen) atoms. The average Bonchev–Trinajstić information content (AvgIpc) is 2.42. The summed E-state index contributed by atoms with van der Waals surface area (Å²) in [4.78, 5) is 7.77. The van der Waals surface area contributed by atoms with Crippen LogP contribution < -0.4 is 5.32 Å². The van der Waals surface area contributed by atoms with E-state index in [1.807, 2.05) is 30.3 Å². The molecule has 94 valence electrons. The van der Waals surface area contributed by atoms with E-state index < -0.39 is 5.95 Å². The van der Waals surface area contributed by atoms with Gasteiger partial charge in [0.15, 0.2) is 0 Å². The van der Waals surface area contributed by atoms with E-state index in [1.54, 1.807) is 6.20 Å². The van der Waals surface area contributed by atoms with Gasteiger partial charge in [0.1, 0.15) is 0 Å². The second-order valence-electron chi connectivity index (χ2n) is 4.01. The number of nitrogens with one attached hydrogen (secondary N) is 1. The third kappa shape index (κ3) is 2.56. The molecular weight excluding hydrogens is 309 g/mol. The smallest absolute Gasteiger partial charge is 0.213 e. The number of hydrogen-bond donors (Lipinski definition) is 1. The molecular formula is C14H9BrFN3. The van der Waals surface area contributed by atoms with Gasteiger partial charge in [-0.3, -0.25) is 4.98 Å². The van der Waals surface area contributed by atoms with Gasteiger partial charge in [0.05, 0.1) is 11.7 Å². The summed E-state index contributed by atoms with van der Waals surface area (Å²) in [5.74, 6) is -0.514. The van der Waals surface area contributed by atoms with E-state index in [0.29, 0.717) is 10.9 Å². The lowest BCUT2D eigenvalue weighted by molar-refractivity contribution is 0.586. The number of rotatable bonds is 2. The van der Waals surface area contributed by atoms with Gasteiger partial charge in [-0.15, -0.1) is 0 Å². The maximum absolute atomic E-state index is 13.2. The van der Waals surface area contributed by atoms with Gasteiger partial charge in [0.2, 0.25) is 5.95 Å². The molecule has 0 bridgehead atoms. The Kier molecular flexibility index (Phi) is 3.13. The number of nitrogens with zero attached hydrogens (tertiary/aromatic N) is 2. The van der Waals surface area contributed by atoms with Crippen molar-refractivity contribution < 1.29 is 4.39 Å². The Labute approximate surface area is 117 Å². The molecule has 0 aliphatic heterocycles. The van der Waals surface area contributed by atoms with Gasteiger partial charge >= 0.3 is 0 Å². The zero-order chi connectivity index (χ0) is 13.2. The minimum absolute atomic E-state index is 0.514. The van der Waals surface area contributed by atoms with Gasteiger partial charge in [0, 0.05) is 33.5 Å². The van der Waals surface area contributed by atoms with Gasteiger partial charge in [-0.1, -0.05) is 15.9 Å². The second-order valence-corrected chi connectivity index (χ2v) is 4.93. The first kappa shape index (κ1) is 12.0. The highest BCUT2D eigenvalue weighted by molar-refractivity contribution is 9.10. The summed E-state index contributed by atoms with van der Waals surface area (Å²) >= 11 is 3.38. The average molecular weight is 318 g/mol. The molecule has 2 aromatic heterocycles. The Bertz CT molecular complexity index is 728. The molecule has 0 atom stereocenters. The maximum Gasteiger partial charge on any atom is 0.213 e. The number of fused-ring (bicyclic) bond motifs is 1. The first-order chi connectivity index (χ1) is 9.22. The van der Waals surface area contributed by atoms with Crippen LogP contribution in [0, 0.1) is 5.95 Å². The molecule has 5 heteroatoms. The van der Waals surface area contributed by atoms with Crippen molar-refractivity contribution in [3.63, 3.8) is 0 Å². The minimum atomic E-state index is -0.514. The third-order valence-electron chi connectivity index (χ3n) is 2.72. The van der Waals surface area contributed by atoms with E-state index in [9.17, 15) is 4.39 Å². The van der Waals surface area contributed by atoms with Crippen LogP contribution in [0.5, 0.6) is 0 Å². The predicted octanol–water partition coefficient (Wildman–Crippen LogP) is 4.28. The topological polar surface area (TPSA) is 37.8 Å². The summed E-state index contributed by atoms with van der Waals surface area (Å²) in [5.41, 5.74) is 2.38. The van der Waals surface area contributed by atoms with Gasteiger partial charge in [-0.2, -0.15) is 4.39 Å². The number of anilines is 2. The van der Waals surface area contributed by atoms with Crippen molar-refractivity contribution in [3.8, 4) is 0 Å². The summed E-state index contributed by atoms with van der Waals surface area (Å²) < 4.78 is 14.2. The molecule has 0 aliphatic carbocycles. The highest BCUT2D eigenvalue weighted by Gasteiger charge is 2.04. The van der Waals surface area contributed by atoms with Crippen LogP contribution in [0.15, 0.2) is 53.3 Å². The molecule has 1 N–H and O–H groups in total. The number of pyridine rings is 2. The standard InChI is InChI=1S/C14H9BrFN3/c15-9-1-3-10(4-2-9)19-12-5-6-17-13-8-18-14(16)7-11(12)13/h1-8H,(H,17,19). The van der Waals surface area contributed by atoms with E-state index in [0.717, 1.165) is 15.8 Å². The Morgan fingerprint density at radius 1 is 1.05 bits per heavy atom. The maximum atomic E-state index is 13.2. The largest absolute Gasteiger partial charge is 0.355 e. The number of hydrogen-bond acceptors (Lipinski definition) is 3. The number of aromatic nitrogens is 2. The SMILES string of the molecule is Fc1cc2c(Nc3ccc(Br)cc3)ccnc2cn1. The number of benzene rings is 1. The van der Waals surface area contributed by atoms with Crippen molar-refractivity contribution in [3.05, 3.63) is 59.2 Å². The second kappa shape index (κ2) is 4.93. The molecule has 0 amide bonds. The lowest BCUT2D eigenvalue weighted by atomic mass is 10.2. The van der Waals surface area contributed by atoms with Crippen LogP contribution in [0.2, 0.25) is 0 Å². The van der Waals surface area contributed by atoms with Crippen LogP contribution in [0.3, 0.4) is 0 Å². The van der Waals surface area contributed by atoms with Crippen LogP contribution in [0.1, 0.15) is 0 Å². The van der Waals surface area contributed by atoms with Crippen LogP contribution in [-0.4, -0.2) is 9.97 Å². The first-order valence-electron chi connectivity index (χ1n) is 5.65. The molecule has 0 saturated heterocycles. The van der Waals surface area contributed by atoms with Crippen molar-refractivity contribution >= 4 is 38.2 Å². The molecule has 3 nitrogen and oxygen atoms in total. The fraction of sp³-hybridized carbons (Fsp3) is 0. The van der Waals surface area contributed by atoms with E-state index in [1.165, 1.54) is 12.3 Å². The van der Waals surface area contributed by atoms with Gasteiger partial charge < -0.3 is 5.32 Å². The summed E-state index contributed by atoms with van der Waals surface area (Å²) in [5, 5.41) is 3.95. The van der Waals surface area contributed by atoms with Crippen LogP contribution in [0.4, 0.5) is 15.8 Å². The van der Waals surface area contributed by atoms with Crippen molar-refractivity contribution in [1.82, 2.24) is 9.97 Å². The highest BCUT2D eigenvalue weighted by atomic mass is 79.9. The van der Waals surface area contributed by atoms with Gasteiger partial charge in [-0.05, 0) is 30.3 Å². The Hall–Kier alpha value is -2.01. The van der Waals surface area contributed by atoms with Crippen LogP contribution >= 0.6 is 15.9 Å². The fourth-order valence-corrected chi connectivity index (χ4v) is 2.09. The molecule has 0 saturated carbocycles. The van der Waals surface area contributed by atoms with E-state index in [2.05, 4.69) is 31.2 Å². The highest BCUT2D eigenvalue weighted by Crippen LogP contribution is 2.25. The molecule has 3 aromatic rings. The first-order valence-corrected chi connectivity index (χ1v) is 6.44. The summed E-state index contributed by atoms with van der Waals surface area (Å²) in [7, 11) is 0. The molecule has 0 spiro atoms. The lowest BCUT2D eigenvalue weighted by Gasteiger charge is -2.09. The Balaban J connectivity index is 2.05. The van der Waals surface area contributed by atoms with Gasteiger partial charge in [0.25, 0.3) is 0 Å². The summed E-state index contributed by atoms with van der Waals surface area (Å²) in [6.45, 7) is 0. The quantitative estimate of drug-likeness (QED) is 0.717. The van der Waals surface area contributed by atoms with E-state index in [-0.39, 0.29) is 0 Å². The summed E-state index contributed by atoms with van der Waals surface area (Å²) in [6.07, 6.45) is 3.10. The third-order valence-corrected chi connectivity index (χ3v) is 3.25. The van der Waals surface area contributed by atoms with Crippen molar-refractivity contribution in [2.24, 2.45) is 0 Å². The zero-order valence-electron chi connectivity index (χ0n) is 9.77. The minimum Gasteiger partial charge on any atom is -0.355 e. The zero-order valence-corrected chi connectivity index (χ0v) is 11.4. The lowest BCUT2D eigenvalue weighted by Crippen LogP contribution is -1.94. The Morgan fingerprint density at radius 3 is 2.63 bits per heavy atom. The predicted molar refractivity (Wildman–Crippen MR) is 76.9 cm³/mol. The van der Waals surface area contributed by atoms with E-state index in [4.69, 9.17) is 0 Å². The van der Waals surface area contributed by atoms with Crippen molar-refractivity contribution in [2.75, 3.05) is 5.32 Å². The molecule has 0 unspecified atom stereocenters.